The minimum atomic E-state index is -0.229. The number of aromatic nitrogens is 3. The molecule has 0 fully saturated rings. The number of benzene rings is 1. The second-order valence-corrected chi connectivity index (χ2v) is 5.92. The molecule has 1 aromatic carbocycles. The molecule has 0 bridgehead atoms. The summed E-state index contributed by atoms with van der Waals surface area (Å²) >= 11 is 1.47. The molecule has 0 spiro atoms. The highest BCUT2D eigenvalue weighted by molar-refractivity contribution is 7.13. The lowest BCUT2D eigenvalue weighted by Crippen LogP contribution is -2.12. The number of H-pyrrole nitrogens is 1. The first-order valence-corrected chi connectivity index (χ1v) is 7.89. The van der Waals surface area contributed by atoms with Crippen LogP contribution in [0, 0.1) is 0 Å². The summed E-state index contributed by atoms with van der Waals surface area (Å²) in [5.74, 6) is 0. The quantitative estimate of drug-likeness (QED) is 0.593. The Labute approximate surface area is 135 Å². The van der Waals surface area contributed by atoms with E-state index in [1.165, 1.54) is 11.3 Å². The fourth-order valence-corrected chi connectivity index (χ4v) is 3.36. The second-order valence-electron chi connectivity index (χ2n) is 5.06. The Morgan fingerprint density at radius 1 is 1.09 bits per heavy atom. The smallest absolute Gasteiger partial charge is 0.260 e. The maximum Gasteiger partial charge on any atom is 0.260 e. The average Bonchev–Trinajstić information content (AvgIpc) is 3.05. The highest BCUT2D eigenvalue weighted by Gasteiger charge is 2.15. The molecule has 0 amide bonds. The van der Waals surface area contributed by atoms with E-state index in [4.69, 9.17) is 5.73 Å². The van der Waals surface area contributed by atoms with Crippen LogP contribution in [0.1, 0.15) is 0 Å². The lowest BCUT2D eigenvalue weighted by atomic mass is 10.1. The minimum Gasteiger partial charge on any atom is -0.397 e. The van der Waals surface area contributed by atoms with Gasteiger partial charge >= 0.3 is 0 Å². The normalized spacial score (nSPS) is 11.0. The zero-order valence-electron chi connectivity index (χ0n) is 12.0. The molecule has 3 aromatic heterocycles. The van der Waals surface area contributed by atoms with E-state index in [9.17, 15) is 4.79 Å². The number of thiazole rings is 1. The molecule has 0 unspecified atom stereocenters. The number of nitrogen functional groups attached to an aromatic ring is 1. The molecule has 4 rings (SSSR count). The van der Waals surface area contributed by atoms with Crippen molar-refractivity contribution < 1.29 is 0 Å². The fourth-order valence-electron chi connectivity index (χ4n) is 2.54. The predicted octanol–water partition coefficient (Wildman–Crippen LogP) is 3.30. The van der Waals surface area contributed by atoms with E-state index in [1.807, 2.05) is 41.8 Å². The number of anilines is 1. The summed E-state index contributed by atoms with van der Waals surface area (Å²) in [6, 6.07) is 11.2. The van der Waals surface area contributed by atoms with Crippen LogP contribution in [0.5, 0.6) is 0 Å². The third-order valence-corrected chi connectivity index (χ3v) is 4.54. The number of pyridine rings is 2. The van der Waals surface area contributed by atoms with Crippen LogP contribution in [-0.4, -0.2) is 15.0 Å². The number of nitrogens with zero attached hydrogens (tertiary/aromatic N) is 2. The Hall–Kier alpha value is -2.99. The molecule has 0 saturated heterocycles. The summed E-state index contributed by atoms with van der Waals surface area (Å²) in [6.45, 7) is 0. The van der Waals surface area contributed by atoms with E-state index in [2.05, 4.69) is 15.0 Å². The molecule has 0 aliphatic rings. The van der Waals surface area contributed by atoms with Crippen molar-refractivity contribution in [3.05, 3.63) is 64.5 Å². The maximum absolute atomic E-state index is 12.4. The molecule has 6 heteroatoms. The summed E-state index contributed by atoms with van der Waals surface area (Å²) in [6.07, 6.45) is 3.43. The summed E-state index contributed by atoms with van der Waals surface area (Å²) in [5.41, 5.74) is 9.16. The number of rotatable bonds is 2. The summed E-state index contributed by atoms with van der Waals surface area (Å²) in [7, 11) is 0. The van der Waals surface area contributed by atoms with Crippen LogP contribution in [-0.2, 0) is 0 Å². The maximum atomic E-state index is 12.4. The molecule has 112 valence electrons. The number of hydrogen-bond acceptors (Lipinski definition) is 5. The summed E-state index contributed by atoms with van der Waals surface area (Å²) < 4.78 is 0. The number of nitrogens with two attached hydrogens (primary N) is 1. The van der Waals surface area contributed by atoms with Crippen LogP contribution in [0.25, 0.3) is 32.7 Å². The van der Waals surface area contributed by atoms with Crippen LogP contribution in [0.15, 0.2) is 59.0 Å². The Kier molecular flexibility index (Phi) is 3.17. The lowest BCUT2D eigenvalue weighted by molar-refractivity contribution is 1.28. The average molecular weight is 320 g/mol. The van der Waals surface area contributed by atoms with Crippen LogP contribution < -0.4 is 11.3 Å². The zero-order valence-corrected chi connectivity index (χ0v) is 12.8. The van der Waals surface area contributed by atoms with Crippen molar-refractivity contribution in [2.75, 3.05) is 5.73 Å². The molecule has 0 radical (unpaired) electrons. The van der Waals surface area contributed by atoms with Crippen molar-refractivity contribution in [3.8, 4) is 21.8 Å². The second kappa shape index (κ2) is 5.33. The summed E-state index contributed by atoms with van der Waals surface area (Å²) in [5, 5.41) is 3.50. The zero-order chi connectivity index (χ0) is 15.8. The monoisotopic (exact) mass is 320 g/mol. The van der Waals surface area contributed by atoms with Gasteiger partial charge in [-0.25, -0.2) is 4.98 Å². The first-order chi connectivity index (χ1) is 11.2. The predicted molar refractivity (Wildman–Crippen MR) is 93.3 cm³/mol. The Morgan fingerprint density at radius 2 is 1.87 bits per heavy atom. The third-order valence-electron chi connectivity index (χ3n) is 3.65. The highest BCUT2D eigenvalue weighted by Crippen LogP contribution is 2.32. The van der Waals surface area contributed by atoms with Gasteiger partial charge in [0.1, 0.15) is 5.01 Å². The third kappa shape index (κ3) is 2.29. The molecule has 4 aromatic rings. The van der Waals surface area contributed by atoms with E-state index < -0.39 is 0 Å². The van der Waals surface area contributed by atoms with Gasteiger partial charge in [0.25, 0.3) is 5.56 Å². The van der Waals surface area contributed by atoms with Crippen molar-refractivity contribution in [3.63, 3.8) is 0 Å². The SMILES string of the molecule is Nc1c(-c2csc(-c3ccncc3)n2)c(=O)[nH]c2ccccc12. The fraction of sp³-hybridized carbons (Fsp3) is 0. The van der Waals surface area contributed by atoms with Gasteiger partial charge in [-0.05, 0) is 18.2 Å². The first-order valence-electron chi connectivity index (χ1n) is 7.01. The largest absolute Gasteiger partial charge is 0.397 e. The first kappa shape index (κ1) is 13.7. The van der Waals surface area contributed by atoms with Gasteiger partial charge in [0.2, 0.25) is 0 Å². The standard InChI is InChI=1S/C17H12N4OS/c18-15-11-3-1-2-4-12(11)20-16(22)14(15)13-9-23-17(21-13)10-5-7-19-8-6-10/h1-9H,(H3,18,20,22). The van der Waals surface area contributed by atoms with Crippen LogP contribution in [0.4, 0.5) is 5.69 Å². The van der Waals surface area contributed by atoms with Gasteiger partial charge < -0.3 is 10.7 Å². The van der Waals surface area contributed by atoms with Gasteiger partial charge in [-0.3, -0.25) is 9.78 Å². The van der Waals surface area contributed by atoms with Gasteiger partial charge in [-0.1, -0.05) is 18.2 Å². The van der Waals surface area contributed by atoms with Crippen LogP contribution in [0.2, 0.25) is 0 Å². The highest BCUT2D eigenvalue weighted by atomic mass is 32.1. The van der Waals surface area contributed by atoms with Crippen molar-refractivity contribution in [1.82, 2.24) is 15.0 Å². The van der Waals surface area contributed by atoms with Crippen LogP contribution in [0.3, 0.4) is 0 Å². The molecule has 3 N–H and O–H groups in total. The van der Waals surface area contributed by atoms with Gasteiger partial charge in [0.05, 0.1) is 22.5 Å². The van der Waals surface area contributed by atoms with Crippen molar-refractivity contribution >= 4 is 27.9 Å². The molecular formula is C17H12N4OS. The van der Waals surface area contributed by atoms with Crippen molar-refractivity contribution in [2.24, 2.45) is 0 Å². The Balaban J connectivity index is 1.90. The van der Waals surface area contributed by atoms with Crippen molar-refractivity contribution in [2.45, 2.75) is 0 Å². The summed E-state index contributed by atoms with van der Waals surface area (Å²) in [4.78, 5) is 23.9. The molecular weight excluding hydrogens is 308 g/mol. The molecule has 0 aliphatic heterocycles. The number of para-hydroxylation sites is 1. The molecule has 0 aliphatic carbocycles. The van der Waals surface area contributed by atoms with E-state index in [1.54, 1.807) is 12.4 Å². The molecule has 3 heterocycles. The molecule has 0 saturated carbocycles. The van der Waals surface area contributed by atoms with Gasteiger partial charge in [0.15, 0.2) is 0 Å². The molecule has 5 nitrogen and oxygen atoms in total. The number of hydrogen-bond donors (Lipinski definition) is 2. The van der Waals surface area contributed by atoms with Crippen molar-refractivity contribution in [1.29, 1.82) is 0 Å². The van der Waals surface area contributed by atoms with E-state index >= 15 is 0 Å². The van der Waals surface area contributed by atoms with E-state index in [0.29, 0.717) is 16.9 Å². The van der Waals surface area contributed by atoms with E-state index in [0.717, 1.165) is 21.5 Å². The number of aromatic amines is 1. The van der Waals surface area contributed by atoms with E-state index in [-0.39, 0.29) is 5.56 Å². The molecule has 23 heavy (non-hydrogen) atoms. The Morgan fingerprint density at radius 3 is 2.70 bits per heavy atom. The van der Waals surface area contributed by atoms with Crippen LogP contribution >= 0.6 is 11.3 Å². The lowest BCUT2D eigenvalue weighted by Gasteiger charge is -2.06. The van der Waals surface area contributed by atoms with Gasteiger partial charge in [-0.15, -0.1) is 11.3 Å². The molecule has 0 atom stereocenters. The number of nitrogens with one attached hydrogen (secondary N) is 1. The minimum absolute atomic E-state index is 0.229. The topological polar surface area (TPSA) is 84.7 Å². The van der Waals surface area contributed by atoms with Gasteiger partial charge in [-0.2, -0.15) is 0 Å². The Bertz CT molecular complexity index is 1050. The number of fused-ring (bicyclic) bond motifs is 1. The van der Waals surface area contributed by atoms with Gasteiger partial charge in [0, 0.05) is 28.7 Å².